The molecule has 0 N–H and O–H groups in total. The van der Waals surface area contributed by atoms with Crippen LogP contribution in [0.3, 0.4) is 0 Å². The molecular formula is C15H17FN2O3. The number of carbonyl (C=O) groups is 2. The minimum absolute atomic E-state index is 0.173. The van der Waals surface area contributed by atoms with E-state index >= 15 is 0 Å². The predicted octanol–water partition coefficient (Wildman–Crippen LogP) is 2.98. The third-order valence-corrected chi connectivity index (χ3v) is 3.80. The highest BCUT2D eigenvalue weighted by Gasteiger charge is 2.57. The Balaban J connectivity index is 2.02. The summed E-state index contributed by atoms with van der Waals surface area (Å²) in [6.45, 7) is 5.31. The maximum absolute atomic E-state index is 14.6. The summed E-state index contributed by atoms with van der Waals surface area (Å²) < 4.78 is 20.0. The van der Waals surface area contributed by atoms with Crippen LogP contribution < -0.4 is 4.90 Å². The normalized spacial score (nSPS) is 26.7. The molecule has 0 radical (unpaired) electrons. The molecule has 2 aliphatic heterocycles. The number of anilines is 1. The van der Waals surface area contributed by atoms with Crippen molar-refractivity contribution in [2.24, 2.45) is 0 Å². The Morgan fingerprint density at radius 2 is 2.14 bits per heavy atom. The molecular weight excluding hydrogens is 275 g/mol. The van der Waals surface area contributed by atoms with E-state index in [4.69, 9.17) is 4.74 Å². The van der Waals surface area contributed by atoms with Crippen LogP contribution in [-0.4, -0.2) is 29.0 Å². The molecule has 0 saturated heterocycles. The highest BCUT2D eigenvalue weighted by atomic mass is 19.1. The zero-order valence-electron chi connectivity index (χ0n) is 12.2. The lowest BCUT2D eigenvalue weighted by Gasteiger charge is -2.52. The van der Waals surface area contributed by atoms with E-state index in [9.17, 15) is 14.0 Å². The van der Waals surface area contributed by atoms with Crippen LogP contribution in [0.15, 0.2) is 12.1 Å². The first-order valence-corrected chi connectivity index (χ1v) is 6.91. The Hall–Kier alpha value is -1.98. The minimum atomic E-state index is -1.44. The standard InChI is InChI=1S/C15H17FN2O3/c1-14(2,3)21-13(20)18-10-6-15(16,7-10)11-5-4-9(8-19)17-12(11)18/h4-5,8,10H,6-7H2,1-3H3. The van der Waals surface area contributed by atoms with E-state index in [2.05, 4.69) is 4.98 Å². The second-order valence-electron chi connectivity index (χ2n) is 6.60. The van der Waals surface area contributed by atoms with E-state index in [1.807, 2.05) is 0 Å². The summed E-state index contributed by atoms with van der Waals surface area (Å²) >= 11 is 0. The number of ether oxygens (including phenoxy) is 1. The maximum atomic E-state index is 14.6. The number of aromatic nitrogens is 1. The monoisotopic (exact) mass is 292 g/mol. The van der Waals surface area contributed by atoms with Gasteiger partial charge in [-0.05, 0) is 32.9 Å². The van der Waals surface area contributed by atoms with Gasteiger partial charge < -0.3 is 4.74 Å². The average molecular weight is 292 g/mol. The van der Waals surface area contributed by atoms with Gasteiger partial charge in [0.15, 0.2) is 6.29 Å². The van der Waals surface area contributed by atoms with Gasteiger partial charge in [0.25, 0.3) is 0 Å². The first kappa shape index (κ1) is 14.0. The fourth-order valence-electron chi connectivity index (χ4n) is 2.87. The molecule has 3 aliphatic rings. The highest BCUT2D eigenvalue weighted by molar-refractivity contribution is 5.91. The van der Waals surface area contributed by atoms with E-state index in [0.29, 0.717) is 11.8 Å². The van der Waals surface area contributed by atoms with Crippen LogP contribution in [0.5, 0.6) is 0 Å². The summed E-state index contributed by atoms with van der Waals surface area (Å²) in [7, 11) is 0. The topological polar surface area (TPSA) is 59.5 Å². The number of nitrogens with zero attached hydrogens (tertiary/aromatic N) is 2. The van der Waals surface area contributed by atoms with Crippen molar-refractivity contribution in [3.05, 3.63) is 23.4 Å². The summed E-state index contributed by atoms with van der Waals surface area (Å²) in [4.78, 5) is 28.7. The summed E-state index contributed by atoms with van der Waals surface area (Å²) in [5, 5.41) is 0. The van der Waals surface area contributed by atoms with Crippen LogP contribution in [0.25, 0.3) is 0 Å². The Morgan fingerprint density at radius 3 is 2.71 bits per heavy atom. The van der Waals surface area contributed by atoms with Crippen LogP contribution in [0.4, 0.5) is 15.0 Å². The van der Waals surface area contributed by atoms with Crippen LogP contribution >= 0.6 is 0 Å². The van der Waals surface area contributed by atoms with Crippen molar-refractivity contribution >= 4 is 18.2 Å². The molecule has 1 aromatic heterocycles. The Labute approximate surface area is 122 Å². The average Bonchev–Trinajstić information content (AvgIpc) is 2.34. The van der Waals surface area contributed by atoms with Crippen LogP contribution in [0, 0.1) is 0 Å². The third-order valence-electron chi connectivity index (χ3n) is 3.80. The summed E-state index contributed by atoms with van der Waals surface area (Å²) in [6, 6.07) is 2.75. The van der Waals surface area contributed by atoms with Crippen molar-refractivity contribution in [1.29, 1.82) is 0 Å². The van der Waals surface area contributed by atoms with Gasteiger partial charge in [0.2, 0.25) is 0 Å². The van der Waals surface area contributed by atoms with Gasteiger partial charge in [0.1, 0.15) is 22.8 Å². The number of rotatable bonds is 1. The number of carbonyl (C=O) groups excluding carboxylic acids is 2. The molecule has 2 bridgehead atoms. The number of pyridine rings is 1. The second-order valence-corrected chi connectivity index (χ2v) is 6.60. The van der Waals surface area contributed by atoms with Gasteiger partial charge in [0.05, 0.1) is 0 Å². The van der Waals surface area contributed by atoms with Gasteiger partial charge in [-0.2, -0.15) is 0 Å². The van der Waals surface area contributed by atoms with Gasteiger partial charge in [-0.25, -0.2) is 14.2 Å². The Morgan fingerprint density at radius 1 is 1.48 bits per heavy atom. The molecule has 4 rings (SSSR count). The van der Waals surface area contributed by atoms with Gasteiger partial charge in [0, 0.05) is 24.4 Å². The lowest BCUT2D eigenvalue weighted by molar-refractivity contribution is 0.0119. The molecule has 0 atom stereocenters. The number of amides is 1. The molecule has 21 heavy (non-hydrogen) atoms. The summed E-state index contributed by atoms with van der Waals surface area (Å²) in [5.74, 6) is 0.207. The van der Waals surface area contributed by atoms with Crippen molar-refractivity contribution in [3.63, 3.8) is 0 Å². The van der Waals surface area contributed by atoms with Crippen LogP contribution in [-0.2, 0) is 10.4 Å². The van der Waals surface area contributed by atoms with Gasteiger partial charge in [-0.3, -0.25) is 9.69 Å². The number of alkyl halides is 1. The zero-order chi connectivity index (χ0) is 15.4. The molecule has 1 aliphatic carbocycles. The number of halogens is 1. The van der Waals surface area contributed by atoms with E-state index in [1.54, 1.807) is 26.8 Å². The molecule has 3 heterocycles. The molecule has 5 nitrogen and oxygen atoms in total. The second kappa shape index (κ2) is 4.26. The molecule has 112 valence electrons. The SMILES string of the molecule is CC(C)(C)OC(=O)N1c2nc(C=O)ccc2C2(F)CC1C2. The fraction of sp³-hybridized carbons (Fsp3) is 0.533. The van der Waals surface area contributed by atoms with Crippen molar-refractivity contribution in [2.75, 3.05) is 4.90 Å². The van der Waals surface area contributed by atoms with Crippen molar-refractivity contribution in [1.82, 2.24) is 4.98 Å². The lowest BCUT2D eigenvalue weighted by atomic mass is 9.69. The summed E-state index contributed by atoms with van der Waals surface area (Å²) in [6.07, 6.45) is 0.535. The summed E-state index contributed by atoms with van der Waals surface area (Å²) in [5.41, 5.74) is -1.55. The zero-order valence-corrected chi connectivity index (χ0v) is 12.2. The molecule has 0 unspecified atom stereocenters. The van der Waals surface area contributed by atoms with Gasteiger partial charge >= 0.3 is 6.09 Å². The van der Waals surface area contributed by atoms with Crippen molar-refractivity contribution in [2.45, 2.75) is 50.9 Å². The lowest BCUT2D eigenvalue weighted by Crippen LogP contribution is -2.59. The van der Waals surface area contributed by atoms with E-state index in [0.717, 1.165) is 0 Å². The quantitative estimate of drug-likeness (QED) is 0.747. The fourth-order valence-corrected chi connectivity index (χ4v) is 2.87. The third kappa shape index (κ3) is 2.18. The minimum Gasteiger partial charge on any atom is -0.443 e. The van der Waals surface area contributed by atoms with E-state index in [1.165, 1.54) is 11.0 Å². The van der Waals surface area contributed by atoms with Crippen LogP contribution in [0.2, 0.25) is 0 Å². The Bertz CT molecular complexity index is 618. The maximum Gasteiger partial charge on any atom is 0.416 e. The number of aldehydes is 1. The van der Waals surface area contributed by atoms with Crippen LogP contribution in [0.1, 0.15) is 49.7 Å². The molecule has 1 amide bonds. The van der Waals surface area contributed by atoms with Gasteiger partial charge in [-0.1, -0.05) is 0 Å². The molecule has 0 spiro atoms. The smallest absolute Gasteiger partial charge is 0.416 e. The largest absolute Gasteiger partial charge is 0.443 e. The molecule has 1 saturated carbocycles. The molecule has 1 fully saturated rings. The molecule has 1 aromatic rings. The van der Waals surface area contributed by atoms with E-state index < -0.39 is 17.4 Å². The Kier molecular flexibility index (Phi) is 2.83. The van der Waals surface area contributed by atoms with Gasteiger partial charge in [-0.15, -0.1) is 0 Å². The van der Waals surface area contributed by atoms with Crippen molar-refractivity contribution < 1.29 is 18.7 Å². The first-order chi connectivity index (χ1) is 9.73. The number of hydrogen-bond acceptors (Lipinski definition) is 4. The predicted molar refractivity (Wildman–Crippen MR) is 74.1 cm³/mol. The van der Waals surface area contributed by atoms with E-state index in [-0.39, 0.29) is 30.4 Å². The first-order valence-electron chi connectivity index (χ1n) is 6.91. The highest BCUT2D eigenvalue weighted by Crippen LogP contribution is 2.55. The number of hydrogen-bond donors (Lipinski definition) is 0. The molecule has 0 aromatic carbocycles. The molecule has 6 heteroatoms. The van der Waals surface area contributed by atoms with Crippen molar-refractivity contribution in [3.8, 4) is 0 Å².